The molecule has 3 aromatic rings. The number of imidazole rings is 1. The molecule has 0 spiro atoms. The van der Waals surface area contributed by atoms with Gasteiger partial charge in [0.15, 0.2) is 0 Å². The molecule has 7 nitrogen and oxygen atoms in total. The van der Waals surface area contributed by atoms with Crippen LogP contribution in [0.25, 0.3) is 11.0 Å². The number of aromatic nitrogens is 3. The smallest absolute Gasteiger partial charge is 0.319 e. The Hall–Kier alpha value is -2.93. The van der Waals surface area contributed by atoms with E-state index in [4.69, 9.17) is 4.98 Å². The number of para-hydroxylation sites is 2. The molecule has 1 saturated heterocycles. The Morgan fingerprint density at radius 3 is 2.79 bits per heavy atom. The van der Waals surface area contributed by atoms with Gasteiger partial charge in [-0.25, -0.2) is 9.78 Å². The van der Waals surface area contributed by atoms with E-state index in [1.807, 2.05) is 50.2 Å². The lowest BCUT2D eigenvalue weighted by Crippen LogP contribution is -2.46. The number of benzene rings is 1. The standard InChI is InChI=1S/C21H26N6O/c1-13-8-9-16(14(2)22-13)26-21(28)23-15-10-11-27(3)19(12-15)20-24-17-6-4-5-7-18(17)25-20/h4-9,15,19H,10-12H2,1-3H3,(H,24,25)(H2,23,26,28). The second-order valence-electron chi connectivity index (χ2n) is 7.54. The van der Waals surface area contributed by atoms with Crippen LogP contribution < -0.4 is 10.6 Å². The first-order valence-corrected chi connectivity index (χ1v) is 9.66. The number of H-pyrrole nitrogens is 1. The average Bonchev–Trinajstić information content (AvgIpc) is 3.09. The number of pyridine rings is 1. The molecule has 0 radical (unpaired) electrons. The third-order valence-electron chi connectivity index (χ3n) is 5.40. The van der Waals surface area contributed by atoms with Crippen molar-refractivity contribution in [1.82, 2.24) is 25.2 Å². The van der Waals surface area contributed by atoms with Crippen LogP contribution in [-0.2, 0) is 0 Å². The number of anilines is 1. The molecule has 2 unspecified atom stereocenters. The van der Waals surface area contributed by atoms with Crippen molar-refractivity contribution in [3.63, 3.8) is 0 Å². The Morgan fingerprint density at radius 2 is 2.00 bits per heavy atom. The van der Waals surface area contributed by atoms with Crippen LogP contribution in [0, 0.1) is 13.8 Å². The Morgan fingerprint density at radius 1 is 1.18 bits per heavy atom. The number of hydrogen-bond acceptors (Lipinski definition) is 4. The van der Waals surface area contributed by atoms with Crippen molar-refractivity contribution in [1.29, 1.82) is 0 Å². The predicted molar refractivity (Wildman–Crippen MR) is 110 cm³/mol. The molecule has 1 aliphatic heterocycles. The van der Waals surface area contributed by atoms with Crippen LogP contribution in [0.1, 0.15) is 36.1 Å². The zero-order chi connectivity index (χ0) is 19.7. The Bertz CT molecular complexity index is 964. The summed E-state index contributed by atoms with van der Waals surface area (Å²) in [6.45, 7) is 4.74. The van der Waals surface area contributed by atoms with E-state index in [1.165, 1.54) is 0 Å². The highest BCUT2D eigenvalue weighted by atomic mass is 16.2. The molecule has 0 bridgehead atoms. The van der Waals surface area contributed by atoms with Crippen LogP contribution in [0.5, 0.6) is 0 Å². The summed E-state index contributed by atoms with van der Waals surface area (Å²) >= 11 is 0. The average molecular weight is 378 g/mol. The first-order chi connectivity index (χ1) is 13.5. The number of urea groups is 1. The van der Waals surface area contributed by atoms with E-state index < -0.39 is 0 Å². The topological polar surface area (TPSA) is 85.9 Å². The summed E-state index contributed by atoms with van der Waals surface area (Å²) in [5.74, 6) is 0.953. The van der Waals surface area contributed by atoms with Crippen molar-refractivity contribution >= 4 is 22.8 Å². The molecular weight excluding hydrogens is 352 g/mol. The monoisotopic (exact) mass is 378 g/mol. The normalized spacial score (nSPS) is 20.2. The third kappa shape index (κ3) is 3.84. The summed E-state index contributed by atoms with van der Waals surface area (Å²) in [6, 6.07) is 11.9. The largest absolute Gasteiger partial charge is 0.341 e. The number of fused-ring (bicyclic) bond motifs is 1. The summed E-state index contributed by atoms with van der Waals surface area (Å²) in [7, 11) is 2.11. The van der Waals surface area contributed by atoms with Crippen LogP contribution in [0.3, 0.4) is 0 Å². The van der Waals surface area contributed by atoms with Gasteiger partial charge in [-0.3, -0.25) is 9.88 Å². The first-order valence-electron chi connectivity index (χ1n) is 9.66. The molecule has 3 heterocycles. The Kier molecular flexibility index (Phi) is 5.00. The molecule has 1 fully saturated rings. The first kappa shape index (κ1) is 18.4. The highest BCUT2D eigenvalue weighted by Crippen LogP contribution is 2.29. The predicted octanol–water partition coefficient (Wildman–Crippen LogP) is 3.53. The molecule has 2 amide bonds. The van der Waals surface area contributed by atoms with Gasteiger partial charge in [0, 0.05) is 18.3 Å². The molecule has 4 rings (SSSR count). The molecule has 0 saturated carbocycles. The van der Waals surface area contributed by atoms with Gasteiger partial charge in [-0.2, -0.15) is 0 Å². The van der Waals surface area contributed by atoms with Gasteiger partial charge in [-0.15, -0.1) is 0 Å². The summed E-state index contributed by atoms with van der Waals surface area (Å²) in [4.78, 5) is 27.4. The van der Waals surface area contributed by atoms with Crippen LogP contribution >= 0.6 is 0 Å². The summed E-state index contributed by atoms with van der Waals surface area (Å²) < 4.78 is 0. The SMILES string of the molecule is Cc1ccc(NC(=O)NC2CCN(C)C(c3nc4ccccc4[nH]3)C2)c(C)n1. The fourth-order valence-electron chi connectivity index (χ4n) is 3.83. The highest BCUT2D eigenvalue weighted by molar-refractivity contribution is 5.90. The van der Waals surface area contributed by atoms with Crippen LogP contribution in [-0.4, -0.2) is 45.5 Å². The lowest BCUT2D eigenvalue weighted by Gasteiger charge is -2.36. The van der Waals surface area contributed by atoms with Crippen molar-refractivity contribution in [2.45, 2.75) is 38.8 Å². The Labute approximate surface area is 164 Å². The molecule has 2 aromatic heterocycles. The summed E-state index contributed by atoms with van der Waals surface area (Å²) in [5, 5.41) is 6.04. The molecule has 0 aliphatic carbocycles. The zero-order valence-corrected chi connectivity index (χ0v) is 16.5. The minimum Gasteiger partial charge on any atom is -0.341 e. The number of rotatable bonds is 3. The summed E-state index contributed by atoms with van der Waals surface area (Å²) in [5.41, 5.74) is 4.51. The lowest BCUT2D eigenvalue weighted by molar-refractivity contribution is 0.153. The van der Waals surface area contributed by atoms with Gasteiger partial charge in [0.25, 0.3) is 0 Å². The minimum atomic E-state index is -0.188. The highest BCUT2D eigenvalue weighted by Gasteiger charge is 2.30. The van der Waals surface area contributed by atoms with E-state index in [0.29, 0.717) is 0 Å². The maximum absolute atomic E-state index is 12.5. The quantitative estimate of drug-likeness (QED) is 0.651. The lowest BCUT2D eigenvalue weighted by atomic mass is 9.97. The third-order valence-corrected chi connectivity index (χ3v) is 5.40. The van der Waals surface area contributed by atoms with E-state index in [0.717, 1.165) is 53.3 Å². The molecule has 2 atom stereocenters. The van der Waals surface area contributed by atoms with Crippen molar-refractivity contribution in [2.24, 2.45) is 0 Å². The van der Waals surface area contributed by atoms with Gasteiger partial charge in [0.1, 0.15) is 5.82 Å². The van der Waals surface area contributed by atoms with Crippen LogP contribution in [0.2, 0.25) is 0 Å². The zero-order valence-electron chi connectivity index (χ0n) is 16.5. The number of nitrogens with one attached hydrogen (secondary N) is 3. The molecule has 146 valence electrons. The van der Waals surface area contributed by atoms with Crippen LogP contribution in [0.15, 0.2) is 36.4 Å². The maximum Gasteiger partial charge on any atom is 0.319 e. The molecule has 28 heavy (non-hydrogen) atoms. The van der Waals surface area contributed by atoms with Crippen molar-refractivity contribution < 1.29 is 4.79 Å². The van der Waals surface area contributed by atoms with Gasteiger partial charge in [0.2, 0.25) is 0 Å². The van der Waals surface area contributed by atoms with E-state index in [2.05, 4.69) is 32.5 Å². The van der Waals surface area contributed by atoms with Gasteiger partial charge in [0.05, 0.1) is 28.5 Å². The maximum atomic E-state index is 12.5. The van der Waals surface area contributed by atoms with Gasteiger partial charge >= 0.3 is 6.03 Å². The Balaban J connectivity index is 1.43. The second-order valence-corrected chi connectivity index (χ2v) is 7.54. The number of aryl methyl sites for hydroxylation is 2. The van der Waals surface area contributed by atoms with Crippen molar-refractivity contribution in [3.8, 4) is 0 Å². The number of piperidine rings is 1. The van der Waals surface area contributed by atoms with Crippen LogP contribution in [0.4, 0.5) is 10.5 Å². The number of carbonyl (C=O) groups is 1. The van der Waals surface area contributed by atoms with E-state index in [1.54, 1.807) is 0 Å². The molecule has 3 N–H and O–H groups in total. The number of carbonyl (C=O) groups excluding carboxylic acids is 1. The molecule has 1 aromatic carbocycles. The fraction of sp³-hybridized carbons (Fsp3) is 0.381. The number of aromatic amines is 1. The van der Waals surface area contributed by atoms with E-state index in [9.17, 15) is 4.79 Å². The van der Waals surface area contributed by atoms with Crippen molar-refractivity contribution in [2.75, 3.05) is 18.9 Å². The van der Waals surface area contributed by atoms with E-state index >= 15 is 0 Å². The second kappa shape index (κ2) is 7.59. The number of hydrogen-bond donors (Lipinski definition) is 3. The molecular formula is C21H26N6O. The number of amides is 2. The van der Waals surface area contributed by atoms with E-state index in [-0.39, 0.29) is 18.1 Å². The summed E-state index contributed by atoms with van der Waals surface area (Å²) in [6.07, 6.45) is 1.72. The minimum absolute atomic E-state index is 0.0909. The molecule has 1 aliphatic rings. The van der Waals surface area contributed by atoms with Crippen molar-refractivity contribution in [3.05, 3.63) is 53.6 Å². The molecule has 7 heteroatoms. The number of nitrogens with zero attached hydrogens (tertiary/aromatic N) is 3. The van der Waals surface area contributed by atoms with Gasteiger partial charge < -0.3 is 15.6 Å². The fourth-order valence-corrected chi connectivity index (χ4v) is 3.83. The van der Waals surface area contributed by atoms with Gasteiger partial charge in [-0.1, -0.05) is 12.1 Å². The van der Waals surface area contributed by atoms with Gasteiger partial charge in [-0.05, 0) is 58.0 Å². The number of likely N-dealkylation sites (tertiary alicyclic amines) is 1.